The molecule has 1 heterocycles. The fourth-order valence-electron chi connectivity index (χ4n) is 1.73. The molecule has 0 saturated heterocycles. The summed E-state index contributed by atoms with van der Waals surface area (Å²) >= 11 is 0. The van der Waals surface area contributed by atoms with Crippen LogP contribution in [0.15, 0.2) is 30.6 Å². The Morgan fingerprint density at radius 3 is 2.47 bits per heavy atom. The highest BCUT2D eigenvalue weighted by atomic mass is 16.4. The molecule has 17 heavy (non-hydrogen) atoms. The van der Waals surface area contributed by atoms with Crippen LogP contribution in [0, 0.1) is 6.92 Å². The third kappa shape index (κ3) is 2.18. The van der Waals surface area contributed by atoms with Crippen molar-refractivity contribution in [1.29, 1.82) is 0 Å². The number of carboxylic acids is 1. The second-order valence-electron chi connectivity index (χ2n) is 3.92. The SMILES string of the molecule is Cc1ccc(C(C(=O)O)c2ncnn2C)cc1. The van der Waals surface area contributed by atoms with Crippen LogP contribution in [0.25, 0.3) is 0 Å². The molecule has 0 aliphatic rings. The number of rotatable bonds is 3. The second-order valence-corrected chi connectivity index (χ2v) is 3.92. The highest BCUT2D eigenvalue weighted by molar-refractivity contribution is 5.79. The predicted molar refractivity (Wildman–Crippen MR) is 61.7 cm³/mol. The summed E-state index contributed by atoms with van der Waals surface area (Å²) in [5.74, 6) is -1.27. The van der Waals surface area contributed by atoms with Gasteiger partial charge in [0, 0.05) is 7.05 Å². The van der Waals surface area contributed by atoms with Crippen LogP contribution in [0.4, 0.5) is 0 Å². The van der Waals surface area contributed by atoms with Gasteiger partial charge < -0.3 is 5.11 Å². The number of hydrogen-bond acceptors (Lipinski definition) is 3. The van der Waals surface area contributed by atoms with Crippen LogP contribution in [0.1, 0.15) is 22.9 Å². The predicted octanol–water partition coefficient (Wildman–Crippen LogP) is 1.34. The molecule has 0 bridgehead atoms. The molecule has 0 aliphatic heterocycles. The monoisotopic (exact) mass is 231 g/mol. The molecular formula is C12H13N3O2. The maximum atomic E-state index is 11.4. The van der Waals surface area contributed by atoms with Crippen LogP contribution in [0.5, 0.6) is 0 Å². The van der Waals surface area contributed by atoms with Crippen LogP contribution in [-0.2, 0) is 11.8 Å². The Labute approximate surface area is 98.7 Å². The van der Waals surface area contributed by atoms with Crippen LogP contribution < -0.4 is 0 Å². The molecule has 1 N–H and O–H groups in total. The first-order valence-electron chi connectivity index (χ1n) is 5.23. The lowest BCUT2D eigenvalue weighted by molar-refractivity contribution is -0.137. The number of hydrogen-bond donors (Lipinski definition) is 1. The first-order valence-corrected chi connectivity index (χ1v) is 5.23. The Kier molecular flexibility index (Phi) is 2.91. The van der Waals surface area contributed by atoms with Crippen molar-refractivity contribution in [2.24, 2.45) is 7.05 Å². The van der Waals surface area contributed by atoms with Gasteiger partial charge in [-0.25, -0.2) is 4.98 Å². The molecule has 0 radical (unpaired) electrons. The van der Waals surface area contributed by atoms with Gasteiger partial charge >= 0.3 is 5.97 Å². The zero-order chi connectivity index (χ0) is 12.4. The summed E-state index contributed by atoms with van der Waals surface area (Å²) in [7, 11) is 1.69. The Morgan fingerprint density at radius 2 is 2.00 bits per heavy atom. The summed E-state index contributed by atoms with van der Waals surface area (Å²) < 4.78 is 1.48. The molecule has 5 nitrogen and oxygen atoms in total. The van der Waals surface area contributed by atoms with Crippen molar-refractivity contribution in [3.8, 4) is 0 Å². The Balaban J connectivity index is 2.47. The number of nitrogens with zero attached hydrogens (tertiary/aromatic N) is 3. The standard InChI is InChI=1S/C12H13N3O2/c1-8-3-5-9(6-4-8)10(12(16)17)11-13-7-14-15(11)2/h3-7,10H,1-2H3,(H,16,17). The lowest BCUT2D eigenvalue weighted by Gasteiger charge is -2.11. The van der Waals surface area contributed by atoms with Crippen molar-refractivity contribution in [2.45, 2.75) is 12.8 Å². The van der Waals surface area contributed by atoms with E-state index in [9.17, 15) is 9.90 Å². The molecule has 1 unspecified atom stereocenters. The quantitative estimate of drug-likeness (QED) is 0.865. The maximum Gasteiger partial charge on any atom is 0.318 e. The van der Waals surface area contributed by atoms with Gasteiger partial charge in [0.25, 0.3) is 0 Å². The molecule has 0 saturated carbocycles. The molecule has 0 aliphatic carbocycles. The van der Waals surface area contributed by atoms with E-state index in [1.807, 2.05) is 31.2 Å². The van der Waals surface area contributed by atoms with Gasteiger partial charge in [-0.1, -0.05) is 29.8 Å². The van der Waals surface area contributed by atoms with Gasteiger partial charge in [-0.05, 0) is 12.5 Å². The zero-order valence-electron chi connectivity index (χ0n) is 9.66. The van der Waals surface area contributed by atoms with E-state index in [1.165, 1.54) is 11.0 Å². The van der Waals surface area contributed by atoms with E-state index in [2.05, 4.69) is 10.1 Å². The molecule has 1 aromatic carbocycles. The molecule has 1 aromatic heterocycles. The Hall–Kier alpha value is -2.17. The van der Waals surface area contributed by atoms with Crippen molar-refractivity contribution in [2.75, 3.05) is 0 Å². The summed E-state index contributed by atoms with van der Waals surface area (Å²) in [5, 5.41) is 13.2. The Bertz CT molecular complexity index is 531. The van der Waals surface area contributed by atoms with Gasteiger partial charge in [-0.3, -0.25) is 9.48 Å². The summed E-state index contributed by atoms with van der Waals surface area (Å²) in [6.45, 7) is 1.96. The minimum atomic E-state index is -0.926. The van der Waals surface area contributed by atoms with Gasteiger partial charge in [0.1, 0.15) is 18.1 Å². The van der Waals surface area contributed by atoms with E-state index in [0.29, 0.717) is 11.4 Å². The lowest BCUT2D eigenvalue weighted by atomic mass is 9.97. The van der Waals surface area contributed by atoms with Gasteiger partial charge in [0.2, 0.25) is 0 Å². The number of aryl methyl sites for hydroxylation is 2. The van der Waals surface area contributed by atoms with E-state index in [1.54, 1.807) is 7.05 Å². The first kappa shape index (κ1) is 11.3. The average molecular weight is 231 g/mol. The topological polar surface area (TPSA) is 68.0 Å². The van der Waals surface area contributed by atoms with Crippen LogP contribution in [-0.4, -0.2) is 25.8 Å². The van der Waals surface area contributed by atoms with Crippen molar-refractivity contribution in [3.05, 3.63) is 47.5 Å². The van der Waals surface area contributed by atoms with Gasteiger partial charge in [0.05, 0.1) is 0 Å². The van der Waals surface area contributed by atoms with Crippen molar-refractivity contribution in [1.82, 2.24) is 14.8 Å². The van der Waals surface area contributed by atoms with Crippen molar-refractivity contribution in [3.63, 3.8) is 0 Å². The maximum absolute atomic E-state index is 11.4. The van der Waals surface area contributed by atoms with Gasteiger partial charge in [0.15, 0.2) is 0 Å². The number of aliphatic carboxylic acids is 1. The molecule has 5 heteroatoms. The van der Waals surface area contributed by atoms with E-state index in [0.717, 1.165) is 5.56 Å². The average Bonchev–Trinajstić information content (AvgIpc) is 2.68. The smallest absolute Gasteiger partial charge is 0.318 e. The molecule has 0 amide bonds. The number of carbonyl (C=O) groups is 1. The molecule has 0 spiro atoms. The highest BCUT2D eigenvalue weighted by Crippen LogP contribution is 2.23. The van der Waals surface area contributed by atoms with E-state index >= 15 is 0 Å². The summed E-state index contributed by atoms with van der Waals surface area (Å²) in [4.78, 5) is 15.4. The van der Waals surface area contributed by atoms with E-state index in [-0.39, 0.29) is 0 Å². The summed E-state index contributed by atoms with van der Waals surface area (Å²) in [6.07, 6.45) is 1.36. The lowest BCUT2D eigenvalue weighted by Crippen LogP contribution is -2.17. The van der Waals surface area contributed by atoms with E-state index in [4.69, 9.17) is 0 Å². The van der Waals surface area contributed by atoms with Crippen LogP contribution >= 0.6 is 0 Å². The summed E-state index contributed by atoms with van der Waals surface area (Å²) in [6, 6.07) is 7.40. The number of aromatic nitrogens is 3. The van der Waals surface area contributed by atoms with Gasteiger partial charge in [-0.2, -0.15) is 5.10 Å². The zero-order valence-corrected chi connectivity index (χ0v) is 9.66. The van der Waals surface area contributed by atoms with Crippen LogP contribution in [0.3, 0.4) is 0 Å². The summed E-state index contributed by atoms with van der Waals surface area (Å²) in [5.41, 5.74) is 1.80. The molecule has 2 rings (SSSR count). The van der Waals surface area contributed by atoms with Gasteiger partial charge in [-0.15, -0.1) is 0 Å². The molecule has 88 valence electrons. The van der Waals surface area contributed by atoms with Crippen molar-refractivity contribution < 1.29 is 9.90 Å². The molecular weight excluding hydrogens is 218 g/mol. The second kappa shape index (κ2) is 4.37. The fourth-order valence-corrected chi connectivity index (χ4v) is 1.73. The normalized spacial score (nSPS) is 12.4. The minimum Gasteiger partial charge on any atom is -0.480 e. The third-order valence-electron chi connectivity index (χ3n) is 2.66. The van der Waals surface area contributed by atoms with Crippen LogP contribution in [0.2, 0.25) is 0 Å². The third-order valence-corrected chi connectivity index (χ3v) is 2.66. The van der Waals surface area contributed by atoms with Crippen molar-refractivity contribution >= 4 is 5.97 Å². The fraction of sp³-hybridized carbons (Fsp3) is 0.250. The number of carboxylic acid groups (broad SMARTS) is 1. The minimum absolute atomic E-state index is 0.432. The van der Waals surface area contributed by atoms with E-state index < -0.39 is 11.9 Å². The first-order chi connectivity index (χ1) is 8.09. The number of benzene rings is 1. The molecule has 1 atom stereocenters. The molecule has 0 fully saturated rings. The highest BCUT2D eigenvalue weighted by Gasteiger charge is 2.26. The molecule has 2 aromatic rings. The largest absolute Gasteiger partial charge is 0.480 e. The Morgan fingerprint density at radius 1 is 1.35 bits per heavy atom.